The molecule has 0 N–H and O–H groups in total. The fraction of sp³-hybridized carbons (Fsp3) is 0.500. The highest BCUT2D eigenvalue weighted by Crippen LogP contribution is 2.34. The second-order valence-corrected chi connectivity index (χ2v) is 4.31. The van der Waals surface area contributed by atoms with Crippen LogP contribution in [0.5, 0.6) is 0 Å². The van der Waals surface area contributed by atoms with Crippen molar-refractivity contribution in [1.82, 2.24) is 4.90 Å². The van der Waals surface area contributed by atoms with Crippen LogP contribution in [0.4, 0.5) is 17.6 Å². The van der Waals surface area contributed by atoms with Crippen LogP contribution in [0.3, 0.4) is 0 Å². The van der Waals surface area contributed by atoms with Crippen molar-refractivity contribution < 1.29 is 17.6 Å². The number of hydrogen-bond donors (Lipinski definition) is 0. The lowest BCUT2D eigenvalue weighted by atomic mass is 10.1. The van der Waals surface area contributed by atoms with E-state index in [9.17, 15) is 17.6 Å². The van der Waals surface area contributed by atoms with Gasteiger partial charge in [0.05, 0.1) is 0 Å². The number of halogens is 4. The molecule has 1 aromatic carbocycles. The van der Waals surface area contributed by atoms with Crippen LogP contribution in [0.15, 0.2) is 30.3 Å². The van der Waals surface area contributed by atoms with Gasteiger partial charge in [-0.2, -0.15) is 13.2 Å². The van der Waals surface area contributed by atoms with Gasteiger partial charge < -0.3 is 0 Å². The number of likely N-dealkylation sites (tertiary alicyclic amines) is 1. The highest BCUT2D eigenvalue weighted by molar-refractivity contribution is 5.15. The molecule has 1 heterocycles. The van der Waals surface area contributed by atoms with Gasteiger partial charge >= 0.3 is 6.18 Å². The first-order chi connectivity index (χ1) is 7.97. The molecule has 1 aromatic rings. The van der Waals surface area contributed by atoms with E-state index in [1.807, 2.05) is 0 Å². The molecule has 0 radical (unpaired) electrons. The fourth-order valence-electron chi connectivity index (χ4n) is 2.18. The molecule has 94 valence electrons. The molecular weight excluding hydrogens is 234 g/mol. The van der Waals surface area contributed by atoms with Crippen molar-refractivity contribution in [3.05, 3.63) is 35.9 Å². The maximum absolute atomic E-state index is 13.1. The minimum Gasteiger partial charge on any atom is -0.285 e. The van der Waals surface area contributed by atoms with E-state index < -0.39 is 24.8 Å². The Bertz CT molecular complexity index is 363. The zero-order valence-corrected chi connectivity index (χ0v) is 9.12. The summed E-state index contributed by atoms with van der Waals surface area (Å²) in [7, 11) is 0. The van der Waals surface area contributed by atoms with Gasteiger partial charge in [-0.05, 0) is 5.56 Å². The van der Waals surface area contributed by atoms with E-state index in [2.05, 4.69) is 0 Å². The summed E-state index contributed by atoms with van der Waals surface area (Å²) in [6.45, 7) is 0.00447. The number of rotatable bonds is 2. The van der Waals surface area contributed by atoms with Crippen LogP contribution in [-0.2, 0) is 6.54 Å². The summed E-state index contributed by atoms with van der Waals surface area (Å²) in [5.74, 6) is 0. The van der Waals surface area contributed by atoms with Gasteiger partial charge in [0.1, 0.15) is 12.2 Å². The van der Waals surface area contributed by atoms with Crippen molar-refractivity contribution >= 4 is 0 Å². The summed E-state index contributed by atoms with van der Waals surface area (Å²) in [6.07, 6.45) is -6.18. The third kappa shape index (κ3) is 2.97. The van der Waals surface area contributed by atoms with Gasteiger partial charge in [0.25, 0.3) is 0 Å². The molecule has 5 heteroatoms. The predicted molar refractivity (Wildman–Crippen MR) is 56.2 cm³/mol. The van der Waals surface area contributed by atoms with Crippen molar-refractivity contribution in [2.45, 2.75) is 31.4 Å². The van der Waals surface area contributed by atoms with E-state index in [4.69, 9.17) is 0 Å². The minimum absolute atomic E-state index is 0.140. The maximum atomic E-state index is 13.1. The zero-order valence-electron chi connectivity index (χ0n) is 9.12. The van der Waals surface area contributed by atoms with Crippen LogP contribution in [0.1, 0.15) is 12.0 Å². The van der Waals surface area contributed by atoms with Crippen LogP contribution in [0.2, 0.25) is 0 Å². The highest BCUT2D eigenvalue weighted by atomic mass is 19.4. The maximum Gasteiger partial charge on any atom is 0.404 e. The third-order valence-corrected chi connectivity index (χ3v) is 2.96. The topological polar surface area (TPSA) is 3.24 Å². The molecule has 1 aliphatic heterocycles. The van der Waals surface area contributed by atoms with Crippen LogP contribution in [-0.4, -0.2) is 29.8 Å². The molecule has 0 amide bonds. The average Bonchev–Trinajstić information content (AvgIpc) is 2.60. The molecule has 1 fully saturated rings. The number of hydrogen-bond acceptors (Lipinski definition) is 1. The van der Waals surface area contributed by atoms with Gasteiger partial charge in [-0.3, -0.25) is 4.90 Å². The van der Waals surface area contributed by atoms with E-state index in [0.717, 1.165) is 5.56 Å². The zero-order chi connectivity index (χ0) is 12.5. The summed E-state index contributed by atoms with van der Waals surface area (Å²) in [5, 5.41) is 0. The van der Waals surface area contributed by atoms with Crippen LogP contribution in [0.25, 0.3) is 0 Å². The van der Waals surface area contributed by atoms with E-state index in [1.54, 1.807) is 30.3 Å². The second kappa shape index (κ2) is 4.64. The Morgan fingerprint density at radius 3 is 2.41 bits per heavy atom. The molecule has 0 bridgehead atoms. The molecular formula is C12H13F4N. The molecule has 1 nitrogen and oxygen atoms in total. The SMILES string of the molecule is FC1CC(C(F)(F)F)N(Cc2ccccc2)C1. The predicted octanol–water partition coefficient (Wildman–Crippen LogP) is 3.16. The summed E-state index contributed by atoms with van der Waals surface area (Å²) in [6, 6.07) is 7.17. The lowest BCUT2D eigenvalue weighted by molar-refractivity contribution is -0.177. The molecule has 1 saturated heterocycles. The van der Waals surface area contributed by atoms with Gasteiger partial charge in [-0.1, -0.05) is 30.3 Å². The molecule has 0 spiro atoms. The normalized spacial score (nSPS) is 26.4. The Morgan fingerprint density at radius 1 is 1.18 bits per heavy atom. The van der Waals surface area contributed by atoms with Gasteiger partial charge in [0.15, 0.2) is 0 Å². The summed E-state index contributed by atoms with van der Waals surface area (Å²) >= 11 is 0. The largest absolute Gasteiger partial charge is 0.404 e. The quantitative estimate of drug-likeness (QED) is 0.725. The fourth-order valence-corrected chi connectivity index (χ4v) is 2.18. The molecule has 17 heavy (non-hydrogen) atoms. The monoisotopic (exact) mass is 247 g/mol. The van der Waals surface area contributed by atoms with Gasteiger partial charge in [0, 0.05) is 19.5 Å². The van der Waals surface area contributed by atoms with Crippen molar-refractivity contribution in [1.29, 1.82) is 0 Å². The Morgan fingerprint density at radius 2 is 1.82 bits per heavy atom. The molecule has 0 aromatic heterocycles. The van der Waals surface area contributed by atoms with E-state index in [-0.39, 0.29) is 13.1 Å². The lowest BCUT2D eigenvalue weighted by Gasteiger charge is -2.25. The summed E-state index contributed by atoms with van der Waals surface area (Å²) in [4.78, 5) is 1.17. The molecule has 2 atom stereocenters. The third-order valence-electron chi connectivity index (χ3n) is 2.96. The molecule has 2 unspecified atom stereocenters. The molecule has 0 aliphatic carbocycles. The molecule has 1 aliphatic rings. The van der Waals surface area contributed by atoms with Gasteiger partial charge in [-0.15, -0.1) is 0 Å². The van der Waals surface area contributed by atoms with E-state index >= 15 is 0 Å². The van der Waals surface area contributed by atoms with Crippen LogP contribution in [0, 0.1) is 0 Å². The standard InChI is InChI=1S/C12H13F4N/c13-10-6-11(12(14,15)16)17(8-10)7-9-4-2-1-3-5-9/h1-5,10-11H,6-8H2. The van der Waals surface area contributed by atoms with E-state index in [0.29, 0.717) is 0 Å². The van der Waals surface area contributed by atoms with Crippen LogP contribution < -0.4 is 0 Å². The number of alkyl halides is 4. The summed E-state index contributed by atoms with van der Waals surface area (Å²) < 4.78 is 51.2. The van der Waals surface area contributed by atoms with Crippen molar-refractivity contribution in [2.24, 2.45) is 0 Å². The lowest BCUT2D eigenvalue weighted by Crippen LogP contribution is -2.40. The first kappa shape index (κ1) is 12.4. The van der Waals surface area contributed by atoms with Crippen molar-refractivity contribution in [3.8, 4) is 0 Å². The first-order valence-electron chi connectivity index (χ1n) is 5.45. The Balaban J connectivity index is 2.09. The number of nitrogens with zero attached hydrogens (tertiary/aromatic N) is 1. The number of benzene rings is 1. The van der Waals surface area contributed by atoms with E-state index in [1.165, 1.54) is 4.90 Å². The molecule has 2 rings (SSSR count). The second-order valence-electron chi connectivity index (χ2n) is 4.31. The van der Waals surface area contributed by atoms with Gasteiger partial charge in [-0.25, -0.2) is 4.39 Å². The van der Waals surface area contributed by atoms with Gasteiger partial charge in [0.2, 0.25) is 0 Å². The van der Waals surface area contributed by atoms with Crippen LogP contribution >= 0.6 is 0 Å². The smallest absolute Gasteiger partial charge is 0.285 e. The Kier molecular flexibility index (Phi) is 3.38. The highest BCUT2D eigenvalue weighted by Gasteiger charge is 2.49. The van der Waals surface area contributed by atoms with Crippen molar-refractivity contribution in [3.63, 3.8) is 0 Å². The Hall–Kier alpha value is -1.10. The minimum atomic E-state index is -4.35. The Labute approximate surface area is 97.0 Å². The summed E-state index contributed by atoms with van der Waals surface area (Å²) in [5.41, 5.74) is 0.774. The van der Waals surface area contributed by atoms with Crippen molar-refractivity contribution in [2.75, 3.05) is 6.54 Å². The average molecular weight is 247 g/mol. The first-order valence-corrected chi connectivity index (χ1v) is 5.45. The molecule has 0 saturated carbocycles.